The highest BCUT2D eigenvalue weighted by molar-refractivity contribution is 6.11. The molecule has 0 aliphatic rings. The Hall–Kier alpha value is -3.39. The Bertz CT molecular complexity index is 1480. The fourth-order valence-electron chi connectivity index (χ4n) is 5.22. The molecule has 0 saturated heterocycles. The number of rotatable bonds is 4. The van der Waals surface area contributed by atoms with E-state index in [9.17, 15) is 4.39 Å². The topological polar surface area (TPSA) is 4.93 Å². The molecule has 0 unspecified atom stereocenters. The van der Waals surface area contributed by atoms with Gasteiger partial charge in [0.2, 0.25) is 0 Å². The van der Waals surface area contributed by atoms with E-state index < -0.39 is 0 Å². The van der Waals surface area contributed by atoms with E-state index in [-0.39, 0.29) is 16.6 Å². The lowest BCUT2D eigenvalue weighted by Crippen LogP contribution is -2.20. The normalized spacial score (nSPS) is 12.5. The fourth-order valence-corrected chi connectivity index (χ4v) is 5.22. The van der Waals surface area contributed by atoms with Gasteiger partial charge in [-0.1, -0.05) is 89.2 Å². The molecule has 0 aliphatic carbocycles. The van der Waals surface area contributed by atoms with E-state index >= 15 is 0 Å². The van der Waals surface area contributed by atoms with Gasteiger partial charge >= 0.3 is 0 Å². The number of hydrogen-bond acceptors (Lipinski definition) is 0. The third-order valence-electron chi connectivity index (χ3n) is 6.93. The second-order valence-corrected chi connectivity index (χ2v) is 11.0. The highest BCUT2D eigenvalue weighted by atomic mass is 19.1. The van der Waals surface area contributed by atoms with Crippen molar-refractivity contribution in [3.8, 4) is 5.69 Å². The molecule has 1 aromatic heterocycles. The summed E-state index contributed by atoms with van der Waals surface area (Å²) in [5.74, 6) is -0.181. The van der Waals surface area contributed by atoms with Crippen LogP contribution < -0.4 is 0 Å². The number of aromatic nitrogens is 1. The highest BCUT2D eigenvalue weighted by Gasteiger charge is 2.24. The molecular weight excluding hydrogens is 417 g/mol. The van der Waals surface area contributed by atoms with Crippen LogP contribution in [0.25, 0.3) is 27.5 Å². The van der Waals surface area contributed by atoms with Crippen LogP contribution in [0.2, 0.25) is 0 Å². The van der Waals surface area contributed by atoms with Gasteiger partial charge < -0.3 is 4.57 Å². The van der Waals surface area contributed by atoms with Crippen LogP contribution in [0.15, 0.2) is 91.0 Å². The molecule has 0 N–H and O–H groups in total. The van der Waals surface area contributed by atoms with Gasteiger partial charge in [0, 0.05) is 16.5 Å². The molecule has 2 heteroatoms. The van der Waals surface area contributed by atoms with Gasteiger partial charge in [0.25, 0.3) is 0 Å². The molecule has 4 aromatic carbocycles. The first-order chi connectivity index (χ1) is 16.1. The molecule has 5 aromatic rings. The zero-order valence-electron chi connectivity index (χ0n) is 20.7. The number of halogens is 1. The standard InChI is InChI=1S/C32H32FN/c1-31(2,3)27-15-10-16-28-30(27)26-18-17-22(19-29(26)34(28)25-13-7-6-8-14-25)21-32(4,5)23-11-9-12-24(33)20-23/h6-20H,21H2,1-5H3. The smallest absolute Gasteiger partial charge is 0.123 e. The first-order valence-electron chi connectivity index (χ1n) is 12.0. The largest absolute Gasteiger partial charge is 0.309 e. The zero-order chi connectivity index (χ0) is 24.1. The van der Waals surface area contributed by atoms with Gasteiger partial charge in [-0.05, 0) is 70.3 Å². The minimum absolute atomic E-state index is 0.0351. The molecule has 0 bridgehead atoms. The maximum atomic E-state index is 13.9. The zero-order valence-corrected chi connectivity index (χ0v) is 20.7. The number of benzene rings is 4. The lowest BCUT2D eigenvalue weighted by atomic mass is 9.79. The summed E-state index contributed by atoms with van der Waals surface area (Å²) in [6, 6.07) is 31.1. The van der Waals surface area contributed by atoms with Gasteiger partial charge in [0.05, 0.1) is 11.0 Å². The molecule has 172 valence electrons. The van der Waals surface area contributed by atoms with E-state index in [4.69, 9.17) is 0 Å². The maximum absolute atomic E-state index is 13.9. The summed E-state index contributed by atoms with van der Waals surface area (Å²) in [5, 5.41) is 2.60. The average molecular weight is 450 g/mol. The van der Waals surface area contributed by atoms with Gasteiger partial charge in [-0.25, -0.2) is 4.39 Å². The predicted molar refractivity (Wildman–Crippen MR) is 143 cm³/mol. The summed E-state index contributed by atoms with van der Waals surface area (Å²) >= 11 is 0. The van der Waals surface area contributed by atoms with Gasteiger partial charge in [-0.15, -0.1) is 0 Å². The molecular formula is C32H32FN. The van der Waals surface area contributed by atoms with Crippen molar-refractivity contribution < 1.29 is 4.39 Å². The van der Waals surface area contributed by atoms with E-state index in [0.29, 0.717) is 0 Å². The lowest BCUT2D eigenvalue weighted by molar-refractivity contribution is 0.515. The number of nitrogens with zero attached hydrogens (tertiary/aromatic N) is 1. The van der Waals surface area contributed by atoms with E-state index in [1.54, 1.807) is 12.1 Å². The van der Waals surface area contributed by atoms with Crippen molar-refractivity contribution >= 4 is 21.8 Å². The summed E-state index contributed by atoms with van der Waals surface area (Å²) in [7, 11) is 0. The van der Waals surface area contributed by atoms with Crippen LogP contribution in [-0.4, -0.2) is 4.57 Å². The van der Waals surface area contributed by atoms with Crippen LogP contribution in [0.4, 0.5) is 4.39 Å². The Morgan fingerprint density at radius 3 is 2.15 bits per heavy atom. The van der Waals surface area contributed by atoms with Gasteiger partial charge in [0.15, 0.2) is 0 Å². The quantitative estimate of drug-likeness (QED) is 0.258. The SMILES string of the molecule is CC(C)(C)c1cccc2c1c1ccc(CC(C)(C)c3cccc(F)c3)cc1n2-c1ccccc1. The van der Waals surface area contributed by atoms with Crippen molar-refractivity contribution in [1.29, 1.82) is 0 Å². The Balaban J connectivity index is 1.74. The summed E-state index contributed by atoms with van der Waals surface area (Å²) < 4.78 is 16.3. The molecule has 0 aliphatic heterocycles. The first kappa shape index (κ1) is 22.4. The highest BCUT2D eigenvalue weighted by Crippen LogP contribution is 2.39. The summed E-state index contributed by atoms with van der Waals surface area (Å²) in [5.41, 5.74) is 7.09. The van der Waals surface area contributed by atoms with Crippen LogP contribution in [0, 0.1) is 5.82 Å². The first-order valence-corrected chi connectivity index (χ1v) is 12.0. The van der Waals surface area contributed by atoms with E-state index in [0.717, 1.165) is 17.7 Å². The number of hydrogen-bond donors (Lipinski definition) is 0. The van der Waals surface area contributed by atoms with Crippen molar-refractivity contribution in [1.82, 2.24) is 4.57 Å². The number of fused-ring (bicyclic) bond motifs is 3. The fraction of sp³-hybridized carbons (Fsp3) is 0.250. The average Bonchev–Trinajstić information content (AvgIpc) is 3.12. The molecule has 0 amide bonds. The molecule has 1 nitrogen and oxygen atoms in total. The molecule has 34 heavy (non-hydrogen) atoms. The third-order valence-corrected chi connectivity index (χ3v) is 6.93. The molecule has 0 radical (unpaired) electrons. The minimum Gasteiger partial charge on any atom is -0.309 e. The summed E-state index contributed by atoms with van der Waals surface area (Å²) in [4.78, 5) is 0. The van der Waals surface area contributed by atoms with E-state index in [2.05, 4.69) is 106 Å². The number of para-hydroxylation sites is 1. The Morgan fingerprint density at radius 1 is 0.706 bits per heavy atom. The Labute approximate surface area is 201 Å². The second-order valence-electron chi connectivity index (χ2n) is 11.0. The molecule has 0 saturated carbocycles. The maximum Gasteiger partial charge on any atom is 0.123 e. The van der Waals surface area contributed by atoms with Crippen LogP contribution in [0.5, 0.6) is 0 Å². The lowest BCUT2D eigenvalue weighted by Gasteiger charge is -2.25. The van der Waals surface area contributed by atoms with Crippen molar-refractivity contribution in [2.75, 3.05) is 0 Å². The van der Waals surface area contributed by atoms with Gasteiger partial charge in [0.1, 0.15) is 5.82 Å². The van der Waals surface area contributed by atoms with Crippen molar-refractivity contribution in [3.05, 3.63) is 114 Å². The van der Waals surface area contributed by atoms with Crippen LogP contribution in [0.3, 0.4) is 0 Å². The molecule has 0 spiro atoms. The Kier molecular flexibility index (Phi) is 5.36. The summed E-state index contributed by atoms with van der Waals surface area (Å²) in [6.07, 6.45) is 0.828. The Morgan fingerprint density at radius 2 is 1.44 bits per heavy atom. The van der Waals surface area contributed by atoms with Crippen LogP contribution >= 0.6 is 0 Å². The molecule has 0 fully saturated rings. The third kappa shape index (κ3) is 3.92. The summed E-state index contributed by atoms with van der Waals surface area (Å²) in [6.45, 7) is 11.2. The molecule has 1 heterocycles. The van der Waals surface area contributed by atoms with Crippen molar-refractivity contribution in [2.45, 2.75) is 51.9 Å². The second kappa shape index (κ2) is 8.13. The molecule has 0 atom stereocenters. The minimum atomic E-state index is -0.185. The van der Waals surface area contributed by atoms with Gasteiger partial charge in [-0.3, -0.25) is 0 Å². The van der Waals surface area contributed by atoms with Crippen molar-refractivity contribution in [3.63, 3.8) is 0 Å². The van der Waals surface area contributed by atoms with Crippen LogP contribution in [-0.2, 0) is 17.3 Å². The van der Waals surface area contributed by atoms with E-state index in [1.807, 2.05) is 6.07 Å². The van der Waals surface area contributed by atoms with E-state index in [1.165, 1.54) is 39.0 Å². The van der Waals surface area contributed by atoms with Gasteiger partial charge in [-0.2, -0.15) is 0 Å². The molecule has 5 rings (SSSR count). The predicted octanol–water partition coefficient (Wildman–Crippen LogP) is 8.74. The monoisotopic (exact) mass is 449 g/mol. The van der Waals surface area contributed by atoms with Crippen molar-refractivity contribution in [2.24, 2.45) is 0 Å². The van der Waals surface area contributed by atoms with Crippen LogP contribution in [0.1, 0.15) is 51.3 Å².